The SMILES string of the molecule is Cc1ccc(CNc2ncnc(Cl)c2N)c(C)c1. The predicted molar refractivity (Wildman–Crippen MR) is 74.7 cm³/mol. The maximum atomic E-state index is 5.83. The van der Waals surface area contributed by atoms with Crippen LogP contribution >= 0.6 is 11.6 Å². The Kier molecular flexibility index (Phi) is 3.67. The number of benzene rings is 1. The summed E-state index contributed by atoms with van der Waals surface area (Å²) >= 11 is 5.83. The number of nitrogen functional groups attached to an aromatic ring is 1. The van der Waals surface area contributed by atoms with Crippen molar-refractivity contribution in [1.29, 1.82) is 0 Å². The molecule has 0 unspecified atom stereocenters. The van der Waals surface area contributed by atoms with Gasteiger partial charge in [0, 0.05) is 6.54 Å². The Morgan fingerprint density at radius 3 is 2.78 bits per heavy atom. The zero-order valence-corrected chi connectivity index (χ0v) is 11.1. The van der Waals surface area contributed by atoms with Gasteiger partial charge in [0.1, 0.15) is 12.0 Å². The first-order chi connectivity index (χ1) is 8.58. The summed E-state index contributed by atoms with van der Waals surface area (Å²) in [6.45, 7) is 4.82. The second-order valence-corrected chi connectivity index (χ2v) is 4.57. The van der Waals surface area contributed by atoms with E-state index in [0.717, 1.165) is 0 Å². The minimum absolute atomic E-state index is 0.271. The Balaban J connectivity index is 2.14. The Morgan fingerprint density at radius 1 is 1.28 bits per heavy atom. The van der Waals surface area contributed by atoms with Gasteiger partial charge in [0.2, 0.25) is 0 Å². The molecule has 18 heavy (non-hydrogen) atoms. The van der Waals surface area contributed by atoms with Crippen molar-refractivity contribution in [1.82, 2.24) is 9.97 Å². The Morgan fingerprint density at radius 2 is 2.06 bits per heavy atom. The van der Waals surface area contributed by atoms with Gasteiger partial charge >= 0.3 is 0 Å². The number of nitrogens with two attached hydrogens (primary N) is 1. The summed E-state index contributed by atoms with van der Waals surface area (Å²) in [5.74, 6) is 0.565. The Bertz CT molecular complexity index is 569. The van der Waals surface area contributed by atoms with E-state index >= 15 is 0 Å². The van der Waals surface area contributed by atoms with Gasteiger partial charge in [-0.15, -0.1) is 0 Å². The van der Waals surface area contributed by atoms with Gasteiger partial charge in [-0.3, -0.25) is 0 Å². The van der Waals surface area contributed by atoms with Gasteiger partial charge in [-0.05, 0) is 25.0 Å². The first-order valence-corrected chi connectivity index (χ1v) is 6.01. The maximum absolute atomic E-state index is 5.83. The summed E-state index contributed by atoms with van der Waals surface area (Å²) in [5.41, 5.74) is 9.86. The van der Waals surface area contributed by atoms with Gasteiger partial charge in [-0.1, -0.05) is 35.4 Å². The molecule has 0 fully saturated rings. The number of rotatable bonds is 3. The molecule has 3 N–H and O–H groups in total. The molecule has 1 aromatic heterocycles. The average Bonchev–Trinajstić information content (AvgIpc) is 2.33. The zero-order chi connectivity index (χ0) is 13.1. The van der Waals surface area contributed by atoms with E-state index < -0.39 is 0 Å². The van der Waals surface area contributed by atoms with Crippen molar-refractivity contribution < 1.29 is 0 Å². The number of nitrogens with zero attached hydrogens (tertiary/aromatic N) is 2. The minimum atomic E-state index is 0.271. The van der Waals surface area contributed by atoms with Crippen LogP contribution in [0.3, 0.4) is 0 Å². The molecule has 0 aliphatic carbocycles. The topological polar surface area (TPSA) is 63.8 Å². The van der Waals surface area contributed by atoms with Crippen LogP contribution in [0, 0.1) is 13.8 Å². The molecule has 0 saturated carbocycles. The lowest BCUT2D eigenvalue weighted by Crippen LogP contribution is -2.06. The molecule has 2 aromatic rings. The molecule has 0 aliphatic heterocycles. The van der Waals surface area contributed by atoms with Crippen LogP contribution in [-0.2, 0) is 6.54 Å². The lowest BCUT2D eigenvalue weighted by atomic mass is 10.1. The molecule has 0 atom stereocenters. The number of aryl methyl sites for hydroxylation is 2. The Hall–Kier alpha value is -1.81. The number of anilines is 2. The number of aromatic nitrogens is 2. The number of halogens is 1. The van der Waals surface area contributed by atoms with Crippen LogP contribution in [0.4, 0.5) is 11.5 Å². The summed E-state index contributed by atoms with van der Waals surface area (Å²) in [6.07, 6.45) is 1.39. The fraction of sp³-hybridized carbons (Fsp3) is 0.231. The molecule has 0 bridgehead atoms. The average molecular weight is 263 g/mol. The highest BCUT2D eigenvalue weighted by atomic mass is 35.5. The molecule has 0 aliphatic rings. The van der Waals surface area contributed by atoms with Crippen molar-refractivity contribution in [3.05, 3.63) is 46.4 Å². The first kappa shape index (κ1) is 12.6. The van der Waals surface area contributed by atoms with Crippen LogP contribution in [0.1, 0.15) is 16.7 Å². The van der Waals surface area contributed by atoms with Crippen molar-refractivity contribution >= 4 is 23.1 Å². The quantitative estimate of drug-likeness (QED) is 0.835. The van der Waals surface area contributed by atoms with Gasteiger partial charge in [-0.2, -0.15) is 0 Å². The Labute approximate surface area is 111 Å². The zero-order valence-electron chi connectivity index (χ0n) is 10.4. The van der Waals surface area contributed by atoms with Crippen molar-refractivity contribution in [2.24, 2.45) is 0 Å². The predicted octanol–water partition coefficient (Wildman–Crippen LogP) is 2.94. The molecule has 0 radical (unpaired) electrons. The number of hydrogen-bond donors (Lipinski definition) is 2. The second-order valence-electron chi connectivity index (χ2n) is 4.21. The van der Waals surface area contributed by atoms with Crippen LogP contribution in [-0.4, -0.2) is 9.97 Å². The highest BCUT2D eigenvalue weighted by Crippen LogP contribution is 2.22. The molecular formula is C13H15ClN4. The fourth-order valence-electron chi connectivity index (χ4n) is 1.74. The van der Waals surface area contributed by atoms with Gasteiger partial charge in [-0.25, -0.2) is 9.97 Å². The van der Waals surface area contributed by atoms with Crippen molar-refractivity contribution in [2.75, 3.05) is 11.1 Å². The van der Waals surface area contributed by atoms with E-state index in [1.165, 1.54) is 23.0 Å². The van der Waals surface area contributed by atoms with E-state index in [-0.39, 0.29) is 5.15 Å². The standard InChI is InChI=1S/C13H15ClN4/c1-8-3-4-10(9(2)5-8)6-16-13-11(15)12(14)17-7-18-13/h3-5,7H,6,15H2,1-2H3,(H,16,17,18). The van der Waals surface area contributed by atoms with E-state index in [4.69, 9.17) is 17.3 Å². The molecule has 2 rings (SSSR count). The van der Waals surface area contributed by atoms with Crippen molar-refractivity contribution in [3.8, 4) is 0 Å². The van der Waals surface area contributed by atoms with Crippen LogP contribution in [0.5, 0.6) is 0 Å². The molecule has 0 amide bonds. The summed E-state index contributed by atoms with van der Waals surface area (Å²) < 4.78 is 0. The summed E-state index contributed by atoms with van der Waals surface area (Å²) in [6, 6.07) is 6.32. The second kappa shape index (κ2) is 5.23. The molecule has 1 heterocycles. The third kappa shape index (κ3) is 2.71. The maximum Gasteiger partial charge on any atom is 0.157 e. The minimum Gasteiger partial charge on any atom is -0.393 e. The monoisotopic (exact) mass is 262 g/mol. The molecule has 5 heteroatoms. The van der Waals surface area contributed by atoms with Crippen LogP contribution in [0.2, 0.25) is 5.15 Å². The van der Waals surface area contributed by atoms with E-state index in [0.29, 0.717) is 18.1 Å². The van der Waals surface area contributed by atoms with Crippen LogP contribution in [0.25, 0.3) is 0 Å². The third-order valence-corrected chi connectivity index (χ3v) is 3.08. The number of hydrogen-bond acceptors (Lipinski definition) is 4. The van der Waals surface area contributed by atoms with E-state index in [2.05, 4.69) is 47.3 Å². The van der Waals surface area contributed by atoms with Gasteiger partial charge in [0.15, 0.2) is 11.0 Å². The fourth-order valence-corrected chi connectivity index (χ4v) is 1.87. The van der Waals surface area contributed by atoms with Crippen LogP contribution in [0.15, 0.2) is 24.5 Å². The normalized spacial score (nSPS) is 10.4. The largest absolute Gasteiger partial charge is 0.393 e. The molecule has 0 saturated heterocycles. The lowest BCUT2D eigenvalue weighted by molar-refractivity contribution is 1.07. The summed E-state index contributed by atoms with van der Waals surface area (Å²) in [5, 5.41) is 3.44. The summed E-state index contributed by atoms with van der Waals surface area (Å²) in [4.78, 5) is 7.88. The van der Waals surface area contributed by atoms with Gasteiger partial charge < -0.3 is 11.1 Å². The van der Waals surface area contributed by atoms with Crippen molar-refractivity contribution in [2.45, 2.75) is 20.4 Å². The van der Waals surface area contributed by atoms with Gasteiger partial charge in [0.05, 0.1) is 0 Å². The molecule has 4 nitrogen and oxygen atoms in total. The highest BCUT2D eigenvalue weighted by molar-refractivity contribution is 6.32. The third-order valence-electron chi connectivity index (χ3n) is 2.78. The van der Waals surface area contributed by atoms with Crippen molar-refractivity contribution in [3.63, 3.8) is 0 Å². The smallest absolute Gasteiger partial charge is 0.157 e. The highest BCUT2D eigenvalue weighted by Gasteiger charge is 2.06. The number of nitrogens with one attached hydrogen (secondary N) is 1. The molecule has 1 aromatic carbocycles. The lowest BCUT2D eigenvalue weighted by Gasteiger charge is -2.11. The van der Waals surface area contributed by atoms with Crippen LogP contribution < -0.4 is 11.1 Å². The first-order valence-electron chi connectivity index (χ1n) is 5.64. The van der Waals surface area contributed by atoms with Gasteiger partial charge in [0.25, 0.3) is 0 Å². The van der Waals surface area contributed by atoms with E-state index in [1.807, 2.05) is 0 Å². The summed E-state index contributed by atoms with van der Waals surface area (Å²) in [7, 11) is 0. The molecule has 94 valence electrons. The van der Waals surface area contributed by atoms with E-state index in [1.54, 1.807) is 0 Å². The molecular weight excluding hydrogens is 248 g/mol. The van der Waals surface area contributed by atoms with E-state index in [9.17, 15) is 0 Å². The molecule has 0 spiro atoms.